The van der Waals surface area contributed by atoms with Crippen LogP contribution in [-0.4, -0.2) is 12.5 Å². The molecule has 10 heavy (non-hydrogen) atoms. The molecule has 0 unspecified atom stereocenters. The van der Waals surface area contributed by atoms with E-state index in [1.165, 1.54) is 23.5 Å². The third kappa shape index (κ3) is 4.40. The molecule has 0 aromatic heterocycles. The van der Waals surface area contributed by atoms with E-state index in [0.717, 1.165) is 0 Å². The van der Waals surface area contributed by atoms with Crippen LogP contribution < -0.4 is 0 Å². The maximum absolute atomic E-state index is 5.65. The Kier molecular flexibility index (Phi) is 6.67. The molecule has 0 N–H and O–H groups in total. The Labute approximate surface area is 79.7 Å². The maximum Gasteiger partial charge on any atom is 0.116 e. The van der Waals surface area contributed by atoms with Crippen molar-refractivity contribution in [3.05, 3.63) is 9.40 Å². The number of allylic oxidation sites excluding steroid dienone is 1. The number of rotatable bonds is 1. The van der Waals surface area contributed by atoms with Gasteiger partial charge in [0.25, 0.3) is 0 Å². The Morgan fingerprint density at radius 1 is 1.30 bits per heavy atom. The molecule has 0 nitrogen and oxygen atoms in total. The van der Waals surface area contributed by atoms with Gasteiger partial charge >= 0.3 is 0 Å². The van der Waals surface area contributed by atoms with Crippen LogP contribution >= 0.6 is 46.7 Å². The lowest BCUT2D eigenvalue weighted by atomic mass is 10.7. The van der Waals surface area contributed by atoms with Crippen molar-refractivity contribution in [2.24, 2.45) is 0 Å². The lowest BCUT2D eigenvalue weighted by molar-refractivity contribution is 2.08. The van der Waals surface area contributed by atoms with Crippen LogP contribution in [-0.2, 0) is 0 Å². The Bertz CT molecular complexity index is 188. The Morgan fingerprint density at radius 2 is 1.90 bits per heavy atom. The molecule has 0 amide bonds. The molecule has 0 aromatic rings. The third-order valence-electron chi connectivity index (χ3n) is 0.615. The van der Waals surface area contributed by atoms with Gasteiger partial charge in [-0.3, -0.25) is 0 Å². The van der Waals surface area contributed by atoms with Gasteiger partial charge < -0.3 is 0 Å². The van der Waals surface area contributed by atoms with Gasteiger partial charge in [0.1, 0.15) is 9.40 Å². The van der Waals surface area contributed by atoms with Crippen molar-refractivity contribution >= 4 is 46.7 Å². The summed E-state index contributed by atoms with van der Waals surface area (Å²) in [5, 5.41) is 3.16. The summed E-state index contributed by atoms with van der Waals surface area (Å²) in [4.78, 5) is 0. The predicted octanol–water partition coefficient (Wildman–Crippen LogP) is 3.32. The van der Waals surface area contributed by atoms with E-state index in [0.29, 0.717) is 9.40 Å². The van der Waals surface area contributed by atoms with Gasteiger partial charge in [-0.1, -0.05) is 35.0 Å². The van der Waals surface area contributed by atoms with E-state index >= 15 is 0 Å². The van der Waals surface area contributed by atoms with Crippen LogP contribution in [0.5, 0.6) is 0 Å². The van der Waals surface area contributed by atoms with Gasteiger partial charge in [0, 0.05) is 0 Å². The van der Waals surface area contributed by atoms with E-state index in [-0.39, 0.29) is 0 Å². The molecular formula is C6H6Cl2S2. The van der Waals surface area contributed by atoms with E-state index in [2.05, 4.69) is 11.2 Å². The number of thioether (sulfide) groups is 2. The summed E-state index contributed by atoms with van der Waals surface area (Å²) in [5.74, 6) is 2.69. The van der Waals surface area contributed by atoms with Crippen LogP contribution in [0.15, 0.2) is 9.40 Å². The zero-order valence-corrected chi connectivity index (χ0v) is 8.72. The van der Waals surface area contributed by atoms with E-state index in [1.54, 1.807) is 0 Å². The molecule has 0 bridgehead atoms. The number of hydrogen-bond donors (Lipinski definition) is 0. The fourth-order valence-electron chi connectivity index (χ4n) is 0.235. The smallest absolute Gasteiger partial charge is 0.115 e. The van der Waals surface area contributed by atoms with Crippen LogP contribution in [0.3, 0.4) is 0 Å². The molecule has 0 saturated heterocycles. The van der Waals surface area contributed by atoms with E-state index < -0.39 is 0 Å². The van der Waals surface area contributed by atoms with Gasteiger partial charge in [-0.2, -0.15) is 0 Å². The molecule has 0 spiro atoms. The summed E-state index contributed by atoms with van der Waals surface area (Å²) in [5.41, 5.74) is 0. The molecule has 0 heterocycles. The quantitative estimate of drug-likeness (QED) is 0.613. The lowest BCUT2D eigenvalue weighted by Gasteiger charge is -1.88. The molecular weight excluding hydrogens is 207 g/mol. The van der Waals surface area contributed by atoms with Gasteiger partial charge in [0.05, 0.1) is 0 Å². The van der Waals surface area contributed by atoms with Gasteiger partial charge in [-0.15, -0.1) is 11.8 Å². The first-order valence-electron chi connectivity index (χ1n) is 2.35. The first-order valence-corrected chi connectivity index (χ1v) is 5.56. The van der Waals surface area contributed by atoms with E-state index in [9.17, 15) is 0 Å². The summed E-state index contributed by atoms with van der Waals surface area (Å²) >= 11 is 14.1. The Balaban J connectivity index is 4.18. The summed E-state index contributed by atoms with van der Waals surface area (Å²) in [6, 6.07) is 0. The van der Waals surface area contributed by atoms with Crippen LogP contribution in [0.4, 0.5) is 0 Å². The van der Waals surface area contributed by atoms with Crippen molar-refractivity contribution in [3.8, 4) is 11.2 Å². The number of halogens is 2. The predicted molar refractivity (Wildman–Crippen MR) is 53.5 cm³/mol. The molecule has 0 aliphatic heterocycles. The molecule has 56 valence electrons. The Hall–Kier alpha value is 0.580. The molecule has 0 aliphatic carbocycles. The van der Waals surface area contributed by atoms with E-state index in [1.807, 2.05) is 12.5 Å². The van der Waals surface area contributed by atoms with Crippen LogP contribution in [0, 0.1) is 11.2 Å². The highest BCUT2D eigenvalue weighted by Crippen LogP contribution is 2.23. The first kappa shape index (κ1) is 10.6. The minimum Gasteiger partial charge on any atom is -0.115 e. The number of hydrogen-bond acceptors (Lipinski definition) is 2. The highest BCUT2D eigenvalue weighted by atomic mass is 35.5. The van der Waals surface area contributed by atoms with Crippen molar-refractivity contribution in [1.29, 1.82) is 0 Å². The fourth-order valence-corrected chi connectivity index (χ4v) is 1.05. The van der Waals surface area contributed by atoms with Crippen molar-refractivity contribution in [2.75, 3.05) is 12.5 Å². The largest absolute Gasteiger partial charge is 0.116 e. The second-order valence-electron chi connectivity index (χ2n) is 1.22. The standard InChI is InChI=1S/C6H6Cl2S2/c1-9-4-3-5(7)6(8)10-2/h1-2H3/b6-5+. The van der Waals surface area contributed by atoms with Gasteiger partial charge in [-0.25, -0.2) is 0 Å². The van der Waals surface area contributed by atoms with Gasteiger partial charge in [-0.05, 0) is 23.7 Å². The van der Waals surface area contributed by atoms with Crippen molar-refractivity contribution in [2.45, 2.75) is 0 Å². The molecule has 0 fully saturated rings. The maximum atomic E-state index is 5.65. The molecule has 0 aliphatic rings. The summed E-state index contributed by atoms with van der Waals surface area (Å²) in [6.45, 7) is 0. The normalized spacial score (nSPS) is 11.6. The van der Waals surface area contributed by atoms with Crippen LogP contribution in [0.2, 0.25) is 0 Å². The molecule has 0 aromatic carbocycles. The zero-order valence-electron chi connectivity index (χ0n) is 5.57. The molecule has 0 rings (SSSR count). The minimum atomic E-state index is 0.420. The molecule has 0 atom stereocenters. The monoisotopic (exact) mass is 212 g/mol. The van der Waals surface area contributed by atoms with E-state index in [4.69, 9.17) is 23.2 Å². The van der Waals surface area contributed by atoms with Crippen molar-refractivity contribution in [1.82, 2.24) is 0 Å². The SMILES string of the molecule is CSC#C/C(Cl)=C(/Cl)SC. The van der Waals surface area contributed by atoms with Gasteiger partial charge in [0.2, 0.25) is 0 Å². The minimum absolute atomic E-state index is 0.420. The molecule has 0 radical (unpaired) electrons. The lowest BCUT2D eigenvalue weighted by Crippen LogP contribution is -1.66. The third-order valence-corrected chi connectivity index (χ3v) is 2.63. The van der Waals surface area contributed by atoms with Crippen molar-refractivity contribution < 1.29 is 0 Å². The van der Waals surface area contributed by atoms with Crippen LogP contribution in [0.1, 0.15) is 0 Å². The fraction of sp³-hybridized carbons (Fsp3) is 0.333. The highest BCUT2D eigenvalue weighted by molar-refractivity contribution is 8.04. The first-order chi connectivity index (χ1) is 4.72. The second kappa shape index (κ2) is 6.30. The van der Waals surface area contributed by atoms with Crippen molar-refractivity contribution in [3.63, 3.8) is 0 Å². The second-order valence-corrected chi connectivity index (χ2v) is 3.63. The average Bonchev–Trinajstić information content (AvgIpc) is 1.98. The van der Waals surface area contributed by atoms with Gasteiger partial charge in [0.15, 0.2) is 0 Å². The summed E-state index contributed by atoms with van der Waals surface area (Å²) < 4.78 is 0.545. The highest BCUT2D eigenvalue weighted by Gasteiger charge is 1.94. The molecule has 0 saturated carbocycles. The zero-order chi connectivity index (χ0) is 7.98. The Morgan fingerprint density at radius 3 is 2.30 bits per heavy atom. The van der Waals surface area contributed by atoms with Crippen LogP contribution in [0.25, 0.3) is 0 Å². The average molecular weight is 213 g/mol. The summed E-state index contributed by atoms with van der Waals surface area (Å²) in [6.07, 6.45) is 3.73. The molecule has 4 heteroatoms. The summed E-state index contributed by atoms with van der Waals surface area (Å²) in [7, 11) is 0. The topological polar surface area (TPSA) is 0 Å².